The average Bonchev–Trinajstić information content (AvgIpc) is 2.68. The van der Waals surface area contributed by atoms with E-state index in [9.17, 15) is 4.79 Å². The SMILES string of the molecule is CN(CC1CCN(CCc2ccc(Cl)cc2)CC1)C(=O)C1CC=CCC1. The first-order valence-electron chi connectivity index (χ1n) is 9.98. The lowest BCUT2D eigenvalue weighted by Gasteiger charge is -2.34. The Kier molecular flexibility index (Phi) is 7.15. The van der Waals surface area contributed by atoms with Crippen molar-refractivity contribution >= 4 is 17.5 Å². The molecule has 1 aliphatic carbocycles. The Morgan fingerprint density at radius 1 is 1.15 bits per heavy atom. The van der Waals surface area contributed by atoms with Crippen LogP contribution >= 0.6 is 11.6 Å². The van der Waals surface area contributed by atoms with Gasteiger partial charge in [-0.2, -0.15) is 0 Å². The van der Waals surface area contributed by atoms with Crippen molar-refractivity contribution < 1.29 is 4.79 Å². The van der Waals surface area contributed by atoms with Crippen molar-refractivity contribution in [1.82, 2.24) is 9.80 Å². The summed E-state index contributed by atoms with van der Waals surface area (Å²) in [4.78, 5) is 17.1. The van der Waals surface area contributed by atoms with Gasteiger partial charge in [-0.05, 0) is 75.2 Å². The monoisotopic (exact) mass is 374 g/mol. The second-order valence-corrected chi connectivity index (χ2v) is 8.30. The van der Waals surface area contributed by atoms with Crippen molar-refractivity contribution in [2.75, 3.05) is 33.2 Å². The van der Waals surface area contributed by atoms with E-state index in [2.05, 4.69) is 29.2 Å². The van der Waals surface area contributed by atoms with Gasteiger partial charge in [0.1, 0.15) is 0 Å². The van der Waals surface area contributed by atoms with Crippen LogP contribution in [-0.2, 0) is 11.2 Å². The summed E-state index contributed by atoms with van der Waals surface area (Å²) < 4.78 is 0. The molecule has 142 valence electrons. The second kappa shape index (κ2) is 9.57. The number of piperidine rings is 1. The molecule has 1 atom stereocenters. The van der Waals surface area contributed by atoms with Crippen LogP contribution in [0.1, 0.15) is 37.7 Å². The lowest BCUT2D eigenvalue weighted by molar-refractivity contribution is -0.135. The van der Waals surface area contributed by atoms with E-state index in [0.29, 0.717) is 11.8 Å². The molecular formula is C22H31ClN2O. The van der Waals surface area contributed by atoms with Gasteiger partial charge >= 0.3 is 0 Å². The summed E-state index contributed by atoms with van der Waals surface area (Å²) in [6.45, 7) is 4.32. The van der Waals surface area contributed by atoms with Crippen molar-refractivity contribution in [2.45, 2.75) is 38.5 Å². The van der Waals surface area contributed by atoms with Crippen LogP contribution in [-0.4, -0.2) is 48.9 Å². The topological polar surface area (TPSA) is 23.6 Å². The maximum Gasteiger partial charge on any atom is 0.225 e. The molecule has 0 radical (unpaired) electrons. The van der Waals surface area contributed by atoms with Crippen LogP contribution in [0, 0.1) is 11.8 Å². The van der Waals surface area contributed by atoms with Gasteiger partial charge in [0.15, 0.2) is 0 Å². The smallest absolute Gasteiger partial charge is 0.225 e. The molecule has 1 aromatic rings. The van der Waals surface area contributed by atoms with E-state index < -0.39 is 0 Å². The second-order valence-electron chi connectivity index (χ2n) is 7.86. The van der Waals surface area contributed by atoms with Crippen LogP contribution in [0.4, 0.5) is 0 Å². The van der Waals surface area contributed by atoms with Crippen molar-refractivity contribution in [3.05, 3.63) is 47.0 Å². The summed E-state index contributed by atoms with van der Waals surface area (Å²) in [6.07, 6.45) is 10.8. The quantitative estimate of drug-likeness (QED) is 0.688. The number of allylic oxidation sites excluding steroid dienone is 2. The molecule has 1 aliphatic heterocycles. The maximum absolute atomic E-state index is 12.6. The molecule has 0 bridgehead atoms. The number of rotatable bonds is 6. The third-order valence-corrected chi connectivity index (χ3v) is 6.12. The first-order chi connectivity index (χ1) is 12.6. The number of hydrogen-bond donors (Lipinski definition) is 0. The first-order valence-corrected chi connectivity index (χ1v) is 10.4. The maximum atomic E-state index is 12.6. The third kappa shape index (κ3) is 5.59. The summed E-state index contributed by atoms with van der Waals surface area (Å²) in [7, 11) is 1.99. The molecule has 1 unspecified atom stereocenters. The zero-order valence-electron chi connectivity index (χ0n) is 15.9. The van der Waals surface area contributed by atoms with E-state index in [1.165, 1.54) is 18.4 Å². The molecule has 1 fully saturated rings. The van der Waals surface area contributed by atoms with Crippen molar-refractivity contribution in [1.29, 1.82) is 0 Å². The van der Waals surface area contributed by atoms with Gasteiger partial charge in [-0.3, -0.25) is 4.79 Å². The highest BCUT2D eigenvalue weighted by Gasteiger charge is 2.26. The highest BCUT2D eigenvalue weighted by molar-refractivity contribution is 6.30. The van der Waals surface area contributed by atoms with Crippen molar-refractivity contribution in [3.63, 3.8) is 0 Å². The molecule has 1 amide bonds. The van der Waals surface area contributed by atoms with Crippen molar-refractivity contribution in [2.24, 2.45) is 11.8 Å². The number of halogens is 1. The van der Waals surface area contributed by atoms with Gasteiger partial charge in [-0.25, -0.2) is 0 Å². The Morgan fingerprint density at radius 3 is 2.54 bits per heavy atom. The number of carbonyl (C=O) groups is 1. The van der Waals surface area contributed by atoms with Gasteiger partial charge in [0.2, 0.25) is 5.91 Å². The van der Waals surface area contributed by atoms with E-state index in [0.717, 1.165) is 56.9 Å². The minimum Gasteiger partial charge on any atom is -0.345 e. The van der Waals surface area contributed by atoms with E-state index in [-0.39, 0.29) is 5.92 Å². The Hall–Kier alpha value is -1.32. The number of nitrogens with zero attached hydrogens (tertiary/aromatic N) is 2. The number of carbonyl (C=O) groups excluding carboxylic acids is 1. The standard InChI is InChI=1S/C22H31ClN2O/c1-24(22(26)20-5-3-2-4-6-20)17-19-12-15-25(16-13-19)14-11-18-7-9-21(23)10-8-18/h2-3,7-10,19-20H,4-6,11-17H2,1H3. The first kappa shape index (κ1) is 19.4. The molecule has 26 heavy (non-hydrogen) atoms. The molecule has 0 saturated carbocycles. The molecule has 1 saturated heterocycles. The highest BCUT2D eigenvalue weighted by atomic mass is 35.5. The van der Waals surface area contributed by atoms with Crippen LogP contribution in [0.2, 0.25) is 5.02 Å². The molecule has 0 spiro atoms. The fourth-order valence-corrected chi connectivity index (χ4v) is 4.26. The predicted octanol–water partition coefficient (Wildman–Crippen LogP) is 4.41. The molecule has 1 aromatic carbocycles. The Bertz CT molecular complexity index is 605. The largest absolute Gasteiger partial charge is 0.345 e. The van der Waals surface area contributed by atoms with Gasteiger partial charge in [0.05, 0.1) is 0 Å². The predicted molar refractivity (Wildman–Crippen MR) is 108 cm³/mol. The molecule has 3 rings (SSSR count). The number of likely N-dealkylation sites (tertiary alicyclic amines) is 1. The Labute approximate surface area is 163 Å². The van der Waals surface area contributed by atoms with E-state index >= 15 is 0 Å². The van der Waals surface area contributed by atoms with Crippen LogP contribution < -0.4 is 0 Å². The summed E-state index contributed by atoms with van der Waals surface area (Å²) >= 11 is 5.95. The third-order valence-electron chi connectivity index (χ3n) is 5.86. The van der Waals surface area contributed by atoms with Crippen LogP contribution in [0.3, 0.4) is 0 Å². The van der Waals surface area contributed by atoms with E-state index in [1.54, 1.807) is 0 Å². The summed E-state index contributed by atoms with van der Waals surface area (Å²) in [5.74, 6) is 1.21. The molecule has 0 N–H and O–H groups in total. The van der Waals surface area contributed by atoms with Crippen LogP contribution in [0.5, 0.6) is 0 Å². The lowest BCUT2D eigenvalue weighted by atomic mass is 9.91. The normalized spacial score (nSPS) is 21.7. The zero-order valence-corrected chi connectivity index (χ0v) is 16.6. The van der Waals surface area contributed by atoms with E-state index in [1.807, 2.05) is 24.1 Å². The molecule has 4 heteroatoms. The molecule has 0 aromatic heterocycles. The van der Waals surface area contributed by atoms with Gasteiger partial charge in [-0.15, -0.1) is 0 Å². The van der Waals surface area contributed by atoms with Crippen molar-refractivity contribution in [3.8, 4) is 0 Å². The summed E-state index contributed by atoms with van der Waals surface area (Å²) in [5, 5.41) is 0.803. The van der Waals surface area contributed by atoms with Gasteiger partial charge in [0.25, 0.3) is 0 Å². The Morgan fingerprint density at radius 2 is 1.88 bits per heavy atom. The van der Waals surface area contributed by atoms with Crippen LogP contribution in [0.25, 0.3) is 0 Å². The average molecular weight is 375 g/mol. The number of hydrogen-bond acceptors (Lipinski definition) is 2. The highest BCUT2D eigenvalue weighted by Crippen LogP contribution is 2.23. The minimum absolute atomic E-state index is 0.212. The molecular weight excluding hydrogens is 344 g/mol. The zero-order chi connectivity index (χ0) is 18.4. The fraction of sp³-hybridized carbons (Fsp3) is 0.591. The van der Waals surface area contributed by atoms with E-state index in [4.69, 9.17) is 11.6 Å². The lowest BCUT2D eigenvalue weighted by Crippen LogP contribution is -2.41. The van der Waals surface area contributed by atoms with Gasteiger partial charge in [-0.1, -0.05) is 35.9 Å². The number of amides is 1. The van der Waals surface area contributed by atoms with Gasteiger partial charge < -0.3 is 9.80 Å². The molecule has 2 aliphatic rings. The Balaban J connectivity index is 1.37. The summed E-state index contributed by atoms with van der Waals surface area (Å²) in [6, 6.07) is 8.18. The minimum atomic E-state index is 0.212. The number of benzene rings is 1. The van der Waals surface area contributed by atoms with Crippen LogP contribution in [0.15, 0.2) is 36.4 Å². The summed E-state index contributed by atoms with van der Waals surface area (Å²) in [5.41, 5.74) is 1.35. The molecule has 1 heterocycles. The fourth-order valence-electron chi connectivity index (χ4n) is 4.14. The van der Waals surface area contributed by atoms with Gasteiger partial charge in [0, 0.05) is 31.1 Å². The molecule has 3 nitrogen and oxygen atoms in total.